The van der Waals surface area contributed by atoms with Gasteiger partial charge in [0.2, 0.25) is 0 Å². The summed E-state index contributed by atoms with van der Waals surface area (Å²) >= 11 is -2.06. The molecule has 0 bridgehead atoms. The Morgan fingerprint density at radius 2 is 1.08 bits per heavy atom. The first-order chi connectivity index (χ1) is 17.1. The van der Waals surface area contributed by atoms with Crippen LogP contribution >= 0.6 is 0 Å². The molecule has 0 saturated heterocycles. The molecule has 216 valence electrons. The molecule has 3 heteroatoms. The van der Waals surface area contributed by atoms with E-state index in [9.17, 15) is 0 Å². The third-order valence-electron chi connectivity index (χ3n) is 8.85. The van der Waals surface area contributed by atoms with E-state index < -0.39 is 26.7 Å². The maximum absolute atomic E-state index is 6.90. The van der Waals surface area contributed by atoms with Crippen molar-refractivity contribution in [1.29, 1.82) is 0 Å². The average Bonchev–Trinajstić information content (AvgIpc) is 2.82. The summed E-state index contributed by atoms with van der Waals surface area (Å²) in [4.78, 5) is 0. The van der Waals surface area contributed by atoms with Crippen LogP contribution in [0.1, 0.15) is 158 Å². The van der Waals surface area contributed by atoms with E-state index in [1.165, 1.54) is 109 Å². The second-order valence-corrected chi connectivity index (χ2v) is 31.2. The van der Waals surface area contributed by atoms with Crippen LogP contribution in [-0.2, 0) is 4.43 Å². The van der Waals surface area contributed by atoms with E-state index in [2.05, 4.69) is 71.7 Å². The summed E-state index contributed by atoms with van der Waals surface area (Å²) in [5.74, 6) is 0. The zero-order valence-corrected chi connectivity index (χ0v) is 30.6. The zero-order valence-electron chi connectivity index (χ0n) is 26.8. The predicted molar refractivity (Wildman–Crippen MR) is 173 cm³/mol. The summed E-state index contributed by atoms with van der Waals surface area (Å²) < 4.78 is 14.6. The van der Waals surface area contributed by atoms with E-state index >= 15 is 0 Å². The van der Waals surface area contributed by atoms with Crippen LogP contribution < -0.4 is 0 Å². The van der Waals surface area contributed by atoms with Crippen molar-refractivity contribution in [3.05, 3.63) is 10.2 Å². The van der Waals surface area contributed by atoms with Crippen molar-refractivity contribution >= 4 is 26.7 Å². The van der Waals surface area contributed by atoms with Gasteiger partial charge in [0.15, 0.2) is 0 Å². The van der Waals surface area contributed by atoms with E-state index in [0.29, 0.717) is 11.1 Å². The summed E-state index contributed by atoms with van der Waals surface area (Å²) in [6.45, 7) is 21.5. The summed E-state index contributed by atoms with van der Waals surface area (Å²) in [5, 5.41) is 0.312. The van der Waals surface area contributed by atoms with Gasteiger partial charge in [-0.2, -0.15) is 0 Å². The maximum atomic E-state index is 6.90. The van der Waals surface area contributed by atoms with Crippen LogP contribution in [0.4, 0.5) is 0 Å². The molecule has 0 aliphatic heterocycles. The van der Waals surface area contributed by atoms with Crippen LogP contribution in [0.25, 0.3) is 0 Å². The first kappa shape index (κ1) is 36.7. The zero-order chi connectivity index (χ0) is 27.3. The van der Waals surface area contributed by atoms with Gasteiger partial charge in [-0.3, -0.25) is 0 Å². The van der Waals surface area contributed by atoms with Gasteiger partial charge < -0.3 is 0 Å². The molecule has 0 saturated carbocycles. The summed E-state index contributed by atoms with van der Waals surface area (Å²) in [5.41, 5.74) is 0. The molecule has 36 heavy (non-hydrogen) atoms. The molecule has 0 N–H and O–H groups in total. The molecule has 0 aromatic heterocycles. The first-order valence-corrected chi connectivity index (χ1v) is 27.0. The Balaban J connectivity index is 4.63. The van der Waals surface area contributed by atoms with Gasteiger partial charge in [-0.25, -0.2) is 0 Å². The Morgan fingerprint density at radius 1 is 0.639 bits per heavy atom. The molecule has 0 aliphatic carbocycles. The third kappa shape index (κ3) is 17.3. The van der Waals surface area contributed by atoms with Gasteiger partial charge in [-0.15, -0.1) is 0 Å². The number of allylic oxidation sites excluding steroid dienone is 1. The van der Waals surface area contributed by atoms with E-state index in [-0.39, 0.29) is 0 Å². The van der Waals surface area contributed by atoms with Gasteiger partial charge >= 0.3 is 196 Å². The SMILES string of the molecule is CCCCCC[C@H](CCCCCC/C=[CH]/[Sn]([CH2]CCC)([CH2]CCC)[CH2]CCC)O[Si](C)(C)C(C)(C)C. The molecule has 0 unspecified atom stereocenters. The predicted octanol–water partition coefficient (Wildman–Crippen LogP) is 12.6. The molecule has 0 fully saturated rings. The van der Waals surface area contributed by atoms with Gasteiger partial charge in [-0.05, 0) is 0 Å². The summed E-state index contributed by atoms with van der Waals surface area (Å²) in [6, 6.07) is 0. The topological polar surface area (TPSA) is 9.23 Å². The minimum atomic E-state index is -2.06. The van der Waals surface area contributed by atoms with Gasteiger partial charge in [0.1, 0.15) is 0 Å². The van der Waals surface area contributed by atoms with Crippen molar-refractivity contribution < 1.29 is 4.43 Å². The first-order valence-electron chi connectivity index (χ1n) is 16.4. The molecule has 0 rings (SSSR count). The fourth-order valence-electron chi connectivity index (χ4n) is 5.19. The second kappa shape index (κ2) is 21.5. The number of rotatable bonds is 24. The normalized spacial score (nSPS) is 14.1. The Hall–Kier alpha value is 0.716. The van der Waals surface area contributed by atoms with Crippen molar-refractivity contribution in [2.75, 3.05) is 0 Å². The smallest absolute Gasteiger partial charge is 0.0604 e. The quantitative estimate of drug-likeness (QED) is 0.0762. The van der Waals surface area contributed by atoms with Crippen LogP contribution in [0.5, 0.6) is 0 Å². The van der Waals surface area contributed by atoms with Crippen LogP contribution in [0, 0.1) is 0 Å². The third-order valence-corrected chi connectivity index (χ3v) is 27.6. The van der Waals surface area contributed by atoms with Gasteiger partial charge in [0.05, 0.1) is 0 Å². The Kier molecular flexibility index (Phi) is 22.0. The van der Waals surface area contributed by atoms with Gasteiger partial charge in [0.25, 0.3) is 0 Å². The second-order valence-electron chi connectivity index (χ2n) is 13.4. The molecule has 0 aromatic carbocycles. The monoisotopic (exact) mass is 630 g/mol. The molecular weight excluding hydrogens is 559 g/mol. The molecule has 0 aliphatic rings. The van der Waals surface area contributed by atoms with E-state index in [1.54, 1.807) is 13.3 Å². The van der Waals surface area contributed by atoms with Gasteiger partial charge in [0, 0.05) is 0 Å². The number of hydrogen-bond acceptors (Lipinski definition) is 1. The number of hydrogen-bond donors (Lipinski definition) is 0. The van der Waals surface area contributed by atoms with Crippen LogP contribution in [-0.4, -0.2) is 32.8 Å². The van der Waals surface area contributed by atoms with Crippen molar-refractivity contribution in [1.82, 2.24) is 0 Å². The van der Waals surface area contributed by atoms with Gasteiger partial charge in [-0.1, -0.05) is 40.5 Å². The van der Waals surface area contributed by atoms with Crippen molar-refractivity contribution in [3.63, 3.8) is 0 Å². The molecule has 0 spiro atoms. The standard InChI is InChI=1S/C21H43OSi.3C4H9.Sn/c1-8-10-12-14-15-17-19-20(18-16-13-11-9-2)22-23(6,7)21(3,4)5;3*1-3-4-2;/h1,8,20H,9-19H2,2-7H3;3*1,3-4H2,2H3;/t20-;;;;/m1..../s1. The molecule has 0 aromatic rings. The van der Waals surface area contributed by atoms with Crippen LogP contribution in [0.2, 0.25) is 31.4 Å². The van der Waals surface area contributed by atoms with E-state index in [0.717, 1.165) is 0 Å². The van der Waals surface area contributed by atoms with E-state index in [4.69, 9.17) is 4.43 Å². The Morgan fingerprint density at radius 3 is 1.53 bits per heavy atom. The fraction of sp³-hybridized carbons (Fsp3) is 0.939. The Labute approximate surface area is 235 Å². The molecular formula is C33H70OSiSn. The summed E-state index contributed by atoms with van der Waals surface area (Å²) in [7, 11) is -1.67. The number of unbranched alkanes of at least 4 members (excludes halogenated alkanes) is 10. The van der Waals surface area contributed by atoms with Crippen molar-refractivity contribution in [2.45, 2.75) is 195 Å². The minimum absolute atomic E-state index is 0.312. The van der Waals surface area contributed by atoms with Crippen LogP contribution in [0.3, 0.4) is 0 Å². The molecule has 0 heterocycles. The summed E-state index contributed by atoms with van der Waals surface area (Å²) in [6.07, 6.45) is 26.5. The Bertz CT molecular complexity index is 500. The molecule has 1 nitrogen and oxygen atoms in total. The molecule has 0 amide bonds. The van der Waals surface area contributed by atoms with Crippen molar-refractivity contribution in [3.8, 4) is 0 Å². The minimum Gasteiger partial charge on any atom is -0.0604 e. The average molecular weight is 630 g/mol. The molecule has 0 radical (unpaired) electrons. The molecule has 1 atom stereocenters. The van der Waals surface area contributed by atoms with Crippen molar-refractivity contribution in [2.24, 2.45) is 0 Å². The fourth-order valence-corrected chi connectivity index (χ4v) is 21.1. The van der Waals surface area contributed by atoms with E-state index in [1.807, 2.05) is 0 Å². The van der Waals surface area contributed by atoms with Crippen LogP contribution in [0.15, 0.2) is 10.2 Å².